The van der Waals surface area contributed by atoms with E-state index in [1.54, 1.807) is 0 Å². The first-order chi connectivity index (χ1) is 14.8. The normalized spacial score (nSPS) is 11.1. The number of aryl methyl sites for hydroxylation is 5. The van der Waals surface area contributed by atoms with Crippen molar-refractivity contribution in [1.29, 1.82) is 0 Å². The summed E-state index contributed by atoms with van der Waals surface area (Å²) in [5.74, 6) is 0. The maximum Gasteiger partial charge on any atom is 0.0494 e. The summed E-state index contributed by atoms with van der Waals surface area (Å²) in [7, 11) is 0. The van der Waals surface area contributed by atoms with Crippen LogP contribution in [0.2, 0.25) is 0 Å². The van der Waals surface area contributed by atoms with Crippen LogP contribution in [0, 0.1) is 27.7 Å². The summed E-state index contributed by atoms with van der Waals surface area (Å²) >= 11 is 7.39. The van der Waals surface area contributed by atoms with Gasteiger partial charge in [0.1, 0.15) is 0 Å². The molecule has 0 saturated heterocycles. The van der Waals surface area contributed by atoms with Crippen LogP contribution in [0.4, 0.5) is 17.1 Å². The van der Waals surface area contributed by atoms with Crippen molar-refractivity contribution in [3.63, 3.8) is 0 Å². The Bertz CT molecular complexity index is 980. The second-order valence-corrected chi connectivity index (χ2v) is 10.3. The molecule has 0 heterocycles. The van der Waals surface area contributed by atoms with Gasteiger partial charge < -0.3 is 4.90 Å². The van der Waals surface area contributed by atoms with Crippen LogP contribution in [-0.2, 0) is 6.42 Å². The molecular weight excluding hydrogens is 510 g/mol. The molecule has 0 spiro atoms. The molecule has 0 N–H and O–H groups in total. The van der Waals surface area contributed by atoms with E-state index in [9.17, 15) is 0 Å². The molecule has 0 bridgehead atoms. The zero-order valence-corrected chi connectivity index (χ0v) is 22.5. The summed E-state index contributed by atoms with van der Waals surface area (Å²) in [4.78, 5) is 2.41. The smallest absolute Gasteiger partial charge is 0.0494 e. The number of halogens is 2. The molecule has 0 atom stereocenters. The lowest BCUT2D eigenvalue weighted by atomic mass is 10.0. The zero-order valence-electron chi connectivity index (χ0n) is 19.4. The molecule has 0 unspecified atom stereocenters. The van der Waals surface area contributed by atoms with Crippen LogP contribution in [0.5, 0.6) is 0 Å². The highest BCUT2D eigenvalue weighted by Crippen LogP contribution is 2.41. The molecular formula is C28H33Br2N. The number of hydrogen-bond donors (Lipinski definition) is 0. The summed E-state index contributed by atoms with van der Waals surface area (Å²) < 4.78 is 2.31. The SMILES string of the molecule is CCCCCCc1ccc(N(c2cc(C)c(Br)cc2C)c2cc(C)c(Br)cc2C)cc1. The second kappa shape index (κ2) is 10.8. The topological polar surface area (TPSA) is 3.24 Å². The summed E-state index contributed by atoms with van der Waals surface area (Å²) in [5, 5.41) is 0. The highest BCUT2D eigenvalue weighted by molar-refractivity contribution is 9.10. The number of benzene rings is 3. The molecule has 0 radical (unpaired) electrons. The molecule has 164 valence electrons. The van der Waals surface area contributed by atoms with E-state index < -0.39 is 0 Å². The molecule has 3 rings (SSSR count). The van der Waals surface area contributed by atoms with Gasteiger partial charge in [-0.1, -0.05) is 70.2 Å². The minimum atomic E-state index is 1.15. The molecule has 0 aliphatic heterocycles. The Morgan fingerprint density at radius 2 is 1.16 bits per heavy atom. The van der Waals surface area contributed by atoms with E-state index in [4.69, 9.17) is 0 Å². The molecule has 3 aromatic carbocycles. The summed E-state index contributed by atoms with van der Waals surface area (Å²) in [6.45, 7) is 11.0. The maximum absolute atomic E-state index is 3.70. The van der Waals surface area contributed by atoms with E-state index in [0.29, 0.717) is 0 Å². The van der Waals surface area contributed by atoms with E-state index in [-0.39, 0.29) is 0 Å². The third-order valence-corrected chi connectivity index (χ3v) is 7.66. The monoisotopic (exact) mass is 541 g/mol. The average Bonchev–Trinajstić information content (AvgIpc) is 2.74. The van der Waals surface area contributed by atoms with Gasteiger partial charge in [-0.05, 0) is 105 Å². The Hall–Kier alpha value is -1.58. The average molecular weight is 543 g/mol. The predicted molar refractivity (Wildman–Crippen MR) is 143 cm³/mol. The third-order valence-electron chi connectivity index (χ3n) is 5.95. The lowest BCUT2D eigenvalue weighted by Gasteiger charge is -2.30. The molecule has 31 heavy (non-hydrogen) atoms. The van der Waals surface area contributed by atoms with E-state index in [2.05, 4.69) is 120 Å². The van der Waals surface area contributed by atoms with Crippen molar-refractivity contribution in [2.75, 3.05) is 4.90 Å². The van der Waals surface area contributed by atoms with Gasteiger partial charge in [0.2, 0.25) is 0 Å². The lowest BCUT2D eigenvalue weighted by molar-refractivity contribution is 0.667. The third kappa shape index (κ3) is 5.81. The van der Waals surface area contributed by atoms with Gasteiger partial charge in [-0.25, -0.2) is 0 Å². The first kappa shape index (κ1) is 24.1. The van der Waals surface area contributed by atoms with Gasteiger partial charge in [0.05, 0.1) is 0 Å². The highest BCUT2D eigenvalue weighted by Gasteiger charge is 2.18. The van der Waals surface area contributed by atoms with Crippen LogP contribution in [0.3, 0.4) is 0 Å². The highest BCUT2D eigenvalue weighted by atomic mass is 79.9. The molecule has 3 aromatic rings. The van der Waals surface area contributed by atoms with Crippen LogP contribution in [0.1, 0.15) is 60.4 Å². The Morgan fingerprint density at radius 3 is 1.65 bits per heavy atom. The molecule has 0 aromatic heterocycles. The number of anilines is 3. The van der Waals surface area contributed by atoms with E-state index in [1.807, 2.05) is 0 Å². The minimum absolute atomic E-state index is 1.15. The standard InChI is InChI=1S/C28H33Br2N/c1-6-7-8-9-10-23-11-13-24(14-12-23)31(27-17-19(2)25(29)15-21(27)4)28-18-20(3)26(30)16-22(28)5/h11-18H,6-10H2,1-5H3. The molecule has 0 aliphatic carbocycles. The van der Waals surface area contributed by atoms with Crippen molar-refractivity contribution < 1.29 is 0 Å². The van der Waals surface area contributed by atoms with Gasteiger partial charge in [0.15, 0.2) is 0 Å². The molecule has 0 fully saturated rings. The Balaban J connectivity index is 2.05. The fraction of sp³-hybridized carbons (Fsp3) is 0.357. The van der Waals surface area contributed by atoms with Gasteiger partial charge in [0, 0.05) is 26.0 Å². The molecule has 0 aliphatic rings. The summed E-state index contributed by atoms with van der Waals surface area (Å²) in [5.41, 5.74) is 10.1. The molecule has 1 nitrogen and oxygen atoms in total. The van der Waals surface area contributed by atoms with Gasteiger partial charge in [0.25, 0.3) is 0 Å². The molecule has 3 heteroatoms. The van der Waals surface area contributed by atoms with Crippen molar-refractivity contribution in [2.45, 2.75) is 66.7 Å². The fourth-order valence-electron chi connectivity index (χ4n) is 3.99. The Labute approximate surface area is 205 Å². The Kier molecular flexibility index (Phi) is 8.41. The van der Waals surface area contributed by atoms with Crippen molar-refractivity contribution >= 4 is 48.9 Å². The number of unbranched alkanes of at least 4 members (excludes halogenated alkanes) is 3. The van der Waals surface area contributed by atoms with Gasteiger partial charge in [-0.2, -0.15) is 0 Å². The largest absolute Gasteiger partial charge is 0.310 e. The van der Waals surface area contributed by atoms with E-state index in [1.165, 1.54) is 70.6 Å². The number of nitrogens with zero attached hydrogens (tertiary/aromatic N) is 1. The van der Waals surface area contributed by atoms with Crippen LogP contribution in [0.15, 0.2) is 57.5 Å². The van der Waals surface area contributed by atoms with Gasteiger partial charge >= 0.3 is 0 Å². The Morgan fingerprint density at radius 1 is 0.645 bits per heavy atom. The predicted octanol–water partition coefficient (Wildman–Crippen LogP) is 10.0. The van der Waals surface area contributed by atoms with Crippen molar-refractivity contribution in [1.82, 2.24) is 0 Å². The van der Waals surface area contributed by atoms with Crippen LogP contribution >= 0.6 is 31.9 Å². The first-order valence-electron chi connectivity index (χ1n) is 11.2. The van der Waals surface area contributed by atoms with Crippen LogP contribution in [-0.4, -0.2) is 0 Å². The van der Waals surface area contributed by atoms with Gasteiger partial charge in [-0.15, -0.1) is 0 Å². The second-order valence-electron chi connectivity index (χ2n) is 8.59. The van der Waals surface area contributed by atoms with Crippen LogP contribution in [0.25, 0.3) is 0 Å². The summed E-state index contributed by atoms with van der Waals surface area (Å²) in [6, 6.07) is 18.2. The quantitative estimate of drug-likeness (QED) is 0.256. The first-order valence-corrected chi connectivity index (χ1v) is 12.8. The minimum Gasteiger partial charge on any atom is -0.310 e. The number of hydrogen-bond acceptors (Lipinski definition) is 1. The van der Waals surface area contributed by atoms with Crippen LogP contribution < -0.4 is 4.90 Å². The molecule has 0 saturated carbocycles. The number of rotatable bonds is 8. The van der Waals surface area contributed by atoms with Crippen molar-refractivity contribution in [3.8, 4) is 0 Å². The van der Waals surface area contributed by atoms with Crippen molar-refractivity contribution in [3.05, 3.63) is 85.3 Å². The van der Waals surface area contributed by atoms with E-state index >= 15 is 0 Å². The molecule has 0 amide bonds. The van der Waals surface area contributed by atoms with Crippen molar-refractivity contribution in [2.24, 2.45) is 0 Å². The fourth-order valence-corrected chi connectivity index (χ4v) is 4.90. The summed E-state index contributed by atoms with van der Waals surface area (Å²) in [6.07, 6.45) is 6.36. The lowest BCUT2D eigenvalue weighted by Crippen LogP contribution is -2.13. The van der Waals surface area contributed by atoms with E-state index in [0.717, 1.165) is 15.4 Å². The van der Waals surface area contributed by atoms with Gasteiger partial charge in [-0.3, -0.25) is 0 Å². The maximum atomic E-state index is 3.70. The zero-order chi connectivity index (χ0) is 22.5.